The Morgan fingerprint density at radius 2 is 1.88 bits per heavy atom. The van der Waals surface area contributed by atoms with Crippen molar-refractivity contribution in [2.75, 3.05) is 13.4 Å². The summed E-state index contributed by atoms with van der Waals surface area (Å²) in [5.41, 5.74) is 2.75. The van der Waals surface area contributed by atoms with Gasteiger partial charge >= 0.3 is 0 Å². The van der Waals surface area contributed by atoms with Crippen molar-refractivity contribution in [2.45, 2.75) is 20.4 Å². The van der Waals surface area contributed by atoms with Crippen LogP contribution < -0.4 is 19.5 Å². The number of hydrogen-bond acceptors (Lipinski definition) is 4. The number of amides is 1. The molecule has 0 unspecified atom stereocenters. The number of carbonyl (C=O) groups excluding carboxylic acids is 1. The van der Waals surface area contributed by atoms with E-state index in [1.165, 1.54) is 0 Å². The fraction of sp³-hybridized carbons (Fsp3) is 0.278. The molecular formula is C18H18ClNO4. The van der Waals surface area contributed by atoms with Gasteiger partial charge in [-0.25, -0.2) is 0 Å². The van der Waals surface area contributed by atoms with E-state index >= 15 is 0 Å². The standard InChI is InChI=1S/C18H18ClNO4/c1-11-5-14(19)6-12(2)18(11)22-9-17(21)20-8-13-3-4-15-16(7-13)24-10-23-15/h3-7H,8-10H2,1-2H3,(H,20,21). The molecule has 126 valence electrons. The number of benzene rings is 2. The van der Waals surface area contributed by atoms with Crippen LogP contribution in [-0.4, -0.2) is 19.3 Å². The van der Waals surface area contributed by atoms with Crippen molar-refractivity contribution in [1.82, 2.24) is 5.32 Å². The van der Waals surface area contributed by atoms with Gasteiger partial charge in [-0.1, -0.05) is 17.7 Å². The summed E-state index contributed by atoms with van der Waals surface area (Å²) in [6.45, 7) is 4.39. The molecule has 1 amide bonds. The highest BCUT2D eigenvalue weighted by Crippen LogP contribution is 2.32. The van der Waals surface area contributed by atoms with Crippen molar-refractivity contribution >= 4 is 17.5 Å². The summed E-state index contributed by atoms with van der Waals surface area (Å²) < 4.78 is 16.2. The summed E-state index contributed by atoms with van der Waals surface area (Å²) in [6.07, 6.45) is 0. The zero-order chi connectivity index (χ0) is 17.1. The van der Waals surface area contributed by atoms with Crippen LogP contribution in [0.2, 0.25) is 5.02 Å². The summed E-state index contributed by atoms with van der Waals surface area (Å²) in [4.78, 5) is 12.0. The number of ether oxygens (including phenoxy) is 3. The molecule has 0 bridgehead atoms. The summed E-state index contributed by atoms with van der Waals surface area (Å²) in [7, 11) is 0. The summed E-state index contributed by atoms with van der Waals surface area (Å²) in [5.74, 6) is 1.92. The normalized spacial score (nSPS) is 12.1. The SMILES string of the molecule is Cc1cc(Cl)cc(C)c1OCC(=O)NCc1ccc2c(c1)OCO2. The molecule has 5 nitrogen and oxygen atoms in total. The first-order valence-corrected chi connectivity index (χ1v) is 7.95. The molecule has 0 aliphatic carbocycles. The lowest BCUT2D eigenvalue weighted by atomic mass is 10.1. The highest BCUT2D eigenvalue weighted by molar-refractivity contribution is 6.30. The van der Waals surface area contributed by atoms with Gasteiger partial charge in [0.05, 0.1) is 0 Å². The number of aryl methyl sites for hydroxylation is 2. The molecule has 1 N–H and O–H groups in total. The molecule has 1 aliphatic rings. The molecule has 0 fully saturated rings. The number of nitrogens with one attached hydrogen (secondary N) is 1. The highest BCUT2D eigenvalue weighted by Gasteiger charge is 2.14. The predicted molar refractivity (Wildman–Crippen MR) is 90.8 cm³/mol. The molecule has 2 aromatic carbocycles. The average molecular weight is 348 g/mol. The van der Waals surface area contributed by atoms with E-state index in [0.29, 0.717) is 23.1 Å². The van der Waals surface area contributed by atoms with Gasteiger partial charge in [0.1, 0.15) is 5.75 Å². The van der Waals surface area contributed by atoms with Gasteiger partial charge in [-0.05, 0) is 54.8 Å². The molecule has 0 saturated carbocycles. The Hall–Kier alpha value is -2.40. The van der Waals surface area contributed by atoms with E-state index in [-0.39, 0.29) is 19.3 Å². The van der Waals surface area contributed by atoms with Crippen LogP contribution in [-0.2, 0) is 11.3 Å². The Morgan fingerprint density at radius 3 is 2.62 bits per heavy atom. The Balaban J connectivity index is 1.53. The van der Waals surface area contributed by atoms with Gasteiger partial charge in [0, 0.05) is 11.6 Å². The number of rotatable bonds is 5. The maximum absolute atomic E-state index is 12.0. The molecule has 1 aliphatic heterocycles. The predicted octanol–water partition coefficient (Wildman–Crippen LogP) is 3.38. The Labute approximate surface area is 145 Å². The molecule has 0 radical (unpaired) electrons. The van der Waals surface area contributed by atoms with Crippen LogP contribution in [0.5, 0.6) is 17.2 Å². The van der Waals surface area contributed by atoms with Gasteiger partial charge in [0.15, 0.2) is 18.1 Å². The Bertz CT molecular complexity index is 753. The van der Waals surface area contributed by atoms with E-state index in [2.05, 4.69) is 5.32 Å². The van der Waals surface area contributed by atoms with Gasteiger partial charge in [0.25, 0.3) is 5.91 Å². The number of carbonyl (C=O) groups is 1. The third-order valence-electron chi connectivity index (χ3n) is 3.70. The zero-order valence-corrected chi connectivity index (χ0v) is 14.3. The minimum absolute atomic E-state index is 0.0478. The van der Waals surface area contributed by atoms with Crippen molar-refractivity contribution in [1.29, 1.82) is 0 Å². The van der Waals surface area contributed by atoms with Crippen molar-refractivity contribution in [2.24, 2.45) is 0 Å². The molecule has 0 spiro atoms. The van der Waals surface area contributed by atoms with Gasteiger partial charge in [-0.3, -0.25) is 4.79 Å². The maximum atomic E-state index is 12.0. The van der Waals surface area contributed by atoms with Crippen LogP contribution in [0, 0.1) is 13.8 Å². The van der Waals surface area contributed by atoms with Crippen molar-refractivity contribution in [3.8, 4) is 17.2 Å². The quantitative estimate of drug-likeness (QED) is 0.900. The molecule has 24 heavy (non-hydrogen) atoms. The number of hydrogen-bond donors (Lipinski definition) is 1. The molecule has 0 saturated heterocycles. The van der Waals surface area contributed by atoms with Crippen LogP contribution in [0.4, 0.5) is 0 Å². The van der Waals surface area contributed by atoms with Crippen LogP contribution in [0.3, 0.4) is 0 Å². The second-order valence-corrected chi connectivity index (χ2v) is 6.06. The van der Waals surface area contributed by atoms with Gasteiger partial charge in [-0.15, -0.1) is 0 Å². The Kier molecular flexibility index (Phi) is 4.81. The summed E-state index contributed by atoms with van der Waals surface area (Å²) >= 11 is 5.99. The van der Waals surface area contributed by atoms with Gasteiger partial charge in [-0.2, -0.15) is 0 Å². The van der Waals surface area contributed by atoms with Gasteiger partial charge in [0.2, 0.25) is 6.79 Å². The number of fused-ring (bicyclic) bond motifs is 1. The van der Waals surface area contributed by atoms with Crippen LogP contribution in [0.15, 0.2) is 30.3 Å². The van der Waals surface area contributed by atoms with Crippen LogP contribution >= 0.6 is 11.6 Å². The maximum Gasteiger partial charge on any atom is 0.258 e. The van der Waals surface area contributed by atoms with Crippen molar-refractivity contribution in [3.05, 3.63) is 52.0 Å². The molecule has 6 heteroatoms. The molecule has 2 aromatic rings. The molecular weight excluding hydrogens is 330 g/mol. The minimum Gasteiger partial charge on any atom is -0.483 e. The Morgan fingerprint density at radius 1 is 1.17 bits per heavy atom. The molecule has 0 atom stereocenters. The first-order chi connectivity index (χ1) is 11.5. The lowest BCUT2D eigenvalue weighted by Gasteiger charge is -2.12. The summed E-state index contributed by atoms with van der Waals surface area (Å²) in [6, 6.07) is 9.21. The van der Waals surface area contributed by atoms with E-state index in [9.17, 15) is 4.79 Å². The lowest BCUT2D eigenvalue weighted by molar-refractivity contribution is -0.123. The summed E-state index contributed by atoms with van der Waals surface area (Å²) in [5, 5.41) is 3.48. The average Bonchev–Trinajstić information content (AvgIpc) is 2.99. The fourth-order valence-electron chi connectivity index (χ4n) is 2.57. The zero-order valence-electron chi connectivity index (χ0n) is 13.5. The monoisotopic (exact) mass is 347 g/mol. The first-order valence-electron chi connectivity index (χ1n) is 7.57. The highest BCUT2D eigenvalue weighted by atomic mass is 35.5. The number of halogens is 1. The lowest BCUT2D eigenvalue weighted by Crippen LogP contribution is -2.28. The smallest absolute Gasteiger partial charge is 0.258 e. The largest absolute Gasteiger partial charge is 0.483 e. The van der Waals surface area contributed by atoms with Crippen LogP contribution in [0.1, 0.15) is 16.7 Å². The van der Waals surface area contributed by atoms with E-state index in [4.69, 9.17) is 25.8 Å². The van der Waals surface area contributed by atoms with E-state index in [1.54, 1.807) is 0 Å². The third kappa shape index (κ3) is 3.74. The van der Waals surface area contributed by atoms with E-state index in [0.717, 1.165) is 22.4 Å². The van der Waals surface area contributed by atoms with E-state index in [1.807, 2.05) is 44.2 Å². The fourth-order valence-corrected chi connectivity index (χ4v) is 2.89. The molecule has 0 aromatic heterocycles. The van der Waals surface area contributed by atoms with Crippen molar-refractivity contribution < 1.29 is 19.0 Å². The second-order valence-electron chi connectivity index (χ2n) is 5.62. The molecule has 3 rings (SSSR count). The third-order valence-corrected chi connectivity index (χ3v) is 3.92. The van der Waals surface area contributed by atoms with Crippen LogP contribution in [0.25, 0.3) is 0 Å². The topological polar surface area (TPSA) is 56.8 Å². The van der Waals surface area contributed by atoms with E-state index < -0.39 is 0 Å². The minimum atomic E-state index is -0.193. The second kappa shape index (κ2) is 7.01. The first kappa shape index (κ1) is 16.5. The van der Waals surface area contributed by atoms with Crippen molar-refractivity contribution in [3.63, 3.8) is 0 Å². The molecule has 1 heterocycles. The van der Waals surface area contributed by atoms with Gasteiger partial charge < -0.3 is 19.5 Å².